The minimum Gasteiger partial charge on any atom is -0.425 e. The molecule has 0 fully saturated rings. The predicted molar refractivity (Wildman–Crippen MR) is 92.4 cm³/mol. The second-order valence-corrected chi connectivity index (χ2v) is 5.83. The Hall–Kier alpha value is -2.66. The van der Waals surface area contributed by atoms with E-state index in [4.69, 9.17) is 16.3 Å². The average Bonchev–Trinajstić information content (AvgIpc) is 2.58. The number of halogens is 1. The Bertz CT molecular complexity index is 966. The standard InChI is InChI=1S/C18H15ClN2O3/c1-12-6-7-14(19)16(10-12)24-17(22)8-9-21-11-20-15-5-3-2-4-13(15)18(21)23/h2-7,10-11H,8-9H2,1H3. The molecule has 3 rings (SSSR count). The number of carbonyl (C=O) groups is 1. The van der Waals surface area contributed by atoms with Crippen LogP contribution in [-0.4, -0.2) is 15.5 Å². The second-order valence-electron chi connectivity index (χ2n) is 5.42. The fraction of sp³-hybridized carbons (Fsp3) is 0.167. The van der Waals surface area contributed by atoms with E-state index < -0.39 is 5.97 Å². The van der Waals surface area contributed by atoms with Gasteiger partial charge in [-0.3, -0.25) is 14.2 Å². The monoisotopic (exact) mass is 342 g/mol. The van der Waals surface area contributed by atoms with E-state index >= 15 is 0 Å². The molecule has 0 amide bonds. The number of ether oxygens (including phenoxy) is 1. The lowest BCUT2D eigenvalue weighted by molar-refractivity contribution is -0.134. The molecule has 0 saturated carbocycles. The van der Waals surface area contributed by atoms with E-state index in [9.17, 15) is 9.59 Å². The third kappa shape index (κ3) is 3.46. The highest BCUT2D eigenvalue weighted by molar-refractivity contribution is 6.32. The maximum absolute atomic E-state index is 12.3. The van der Waals surface area contributed by atoms with Crippen LogP contribution in [0.4, 0.5) is 0 Å². The number of aryl methyl sites for hydroxylation is 2. The van der Waals surface area contributed by atoms with Crippen molar-refractivity contribution in [1.82, 2.24) is 9.55 Å². The fourth-order valence-electron chi connectivity index (χ4n) is 2.34. The summed E-state index contributed by atoms with van der Waals surface area (Å²) in [5.41, 5.74) is 1.40. The summed E-state index contributed by atoms with van der Waals surface area (Å²) in [6.45, 7) is 2.08. The summed E-state index contributed by atoms with van der Waals surface area (Å²) in [6, 6.07) is 12.3. The van der Waals surface area contributed by atoms with E-state index in [-0.39, 0.29) is 18.5 Å². The van der Waals surface area contributed by atoms with Gasteiger partial charge in [0.15, 0.2) is 0 Å². The summed E-state index contributed by atoms with van der Waals surface area (Å²) < 4.78 is 6.67. The van der Waals surface area contributed by atoms with Gasteiger partial charge in [0.2, 0.25) is 0 Å². The topological polar surface area (TPSA) is 61.2 Å². The molecule has 5 nitrogen and oxygen atoms in total. The molecule has 0 aliphatic rings. The molecule has 1 heterocycles. The average molecular weight is 343 g/mol. The number of benzene rings is 2. The van der Waals surface area contributed by atoms with Gasteiger partial charge in [-0.15, -0.1) is 0 Å². The first kappa shape index (κ1) is 16.2. The van der Waals surface area contributed by atoms with Crippen molar-refractivity contribution in [2.75, 3.05) is 0 Å². The number of carbonyl (C=O) groups excluding carboxylic acids is 1. The Morgan fingerprint density at radius 1 is 1.25 bits per heavy atom. The van der Waals surface area contributed by atoms with Crippen LogP contribution >= 0.6 is 11.6 Å². The Morgan fingerprint density at radius 2 is 2.04 bits per heavy atom. The van der Waals surface area contributed by atoms with Gasteiger partial charge in [-0.2, -0.15) is 0 Å². The smallest absolute Gasteiger partial charge is 0.313 e. The number of hydrogen-bond acceptors (Lipinski definition) is 4. The van der Waals surface area contributed by atoms with Gasteiger partial charge in [0.25, 0.3) is 5.56 Å². The summed E-state index contributed by atoms with van der Waals surface area (Å²) in [4.78, 5) is 28.6. The van der Waals surface area contributed by atoms with Crippen LogP contribution in [0.3, 0.4) is 0 Å². The number of rotatable bonds is 4. The summed E-state index contributed by atoms with van der Waals surface area (Å²) in [5, 5.41) is 0.897. The minimum atomic E-state index is -0.456. The van der Waals surface area contributed by atoms with Gasteiger partial charge in [0, 0.05) is 6.54 Å². The van der Waals surface area contributed by atoms with Crippen LogP contribution in [-0.2, 0) is 11.3 Å². The Kier molecular flexibility index (Phi) is 4.62. The van der Waals surface area contributed by atoms with Gasteiger partial charge < -0.3 is 4.74 Å². The molecular formula is C18H15ClN2O3. The van der Waals surface area contributed by atoms with Crippen molar-refractivity contribution in [2.45, 2.75) is 19.9 Å². The number of aromatic nitrogens is 2. The minimum absolute atomic E-state index is 0.0458. The van der Waals surface area contributed by atoms with Gasteiger partial charge in [0.05, 0.1) is 28.7 Å². The van der Waals surface area contributed by atoms with Crippen molar-refractivity contribution < 1.29 is 9.53 Å². The quantitative estimate of drug-likeness (QED) is 0.539. The molecule has 0 atom stereocenters. The molecule has 2 aromatic carbocycles. The molecule has 122 valence electrons. The molecule has 0 aliphatic heterocycles. The molecule has 0 N–H and O–H groups in total. The molecule has 6 heteroatoms. The van der Waals surface area contributed by atoms with Crippen LogP contribution < -0.4 is 10.3 Å². The molecule has 0 saturated heterocycles. The largest absolute Gasteiger partial charge is 0.425 e. The summed E-state index contributed by atoms with van der Waals surface area (Å²) in [6.07, 6.45) is 1.49. The van der Waals surface area contributed by atoms with E-state index in [1.807, 2.05) is 19.1 Å². The van der Waals surface area contributed by atoms with Crippen LogP contribution in [0, 0.1) is 6.92 Å². The van der Waals surface area contributed by atoms with E-state index in [1.54, 1.807) is 30.3 Å². The van der Waals surface area contributed by atoms with E-state index in [1.165, 1.54) is 10.9 Å². The zero-order valence-corrected chi connectivity index (χ0v) is 13.8. The lowest BCUT2D eigenvalue weighted by Crippen LogP contribution is -2.23. The third-order valence-corrected chi connectivity index (χ3v) is 3.91. The van der Waals surface area contributed by atoms with Crippen molar-refractivity contribution in [3.8, 4) is 5.75 Å². The SMILES string of the molecule is Cc1ccc(Cl)c(OC(=O)CCn2cnc3ccccc3c2=O)c1. The maximum atomic E-state index is 12.3. The second kappa shape index (κ2) is 6.84. The highest BCUT2D eigenvalue weighted by Gasteiger charge is 2.10. The summed E-state index contributed by atoms with van der Waals surface area (Å²) in [5.74, 6) is -0.131. The van der Waals surface area contributed by atoms with Crippen molar-refractivity contribution in [3.63, 3.8) is 0 Å². The first-order valence-electron chi connectivity index (χ1n) is 7.45. The maximum Gasteiger partial charge on any atom is 0.313 e. The molecule has 0 spiro atoms. The molecule has 24 heavy (non-hydrogen) atoms. The van der Waals surface area contributed by atoms with Crippen LogP contribution in [0.5, 0.6) is 5.75 Å². The van der Waals surface area contributed by atoms with Gasteiger partial charge in [-0.05, 0) is 36.8 Å². The van der Waals surface area contributed by atoms with Crippen LogP contribution in [0.2, 0.25) is 5.02 Å². The fourth-order valence-corrected chi connectivity index (χ4v) is 2.50. The van der Waals surface area contributed by atoms with Crippen molar-refractivity contribution in [3.05, 3.63) is 69.7 Å². The Morgan fingerprint density at radius 3 is 2.88 bits per heavy atom. The lowest BCUT2D eigenvalue weighted by Gasteiger charge is -2.08. The van der Waals surface area contributed by atoms with Crippen molar-refractivity contribution in [2.24, 2.45) is 0 Å². The summed E-state index contributed by atoms with van der Waals surface area (Å²) in [7, 11) is 0. The molecule has 0 unspecified atom stereocenters. The van der Waals surface area contributed by atoms with E-state index in [0.717, 1.165) is 5.56 Å². The van der Waals surface area contributed by atoms with Crippen LogP contribution in [0.25, 0.3) is 10.9 Å². The Balaban J connectivity index is 1.71. The molecule has 0 bridgehead atoms. The molecule has 0 radical (unpaired) electrons. The van der Waals surface area contributed by atoms with E-state index in [0.29, 0.717) is 21.7 Å². The van der Waals surface area contributed by atoms with Gasteiger partial charge in [0.1, 0.15) is 5.75 Å². The lowest BCUT2D eigenvalue weighted by atomic mass is 10.2. The van der Waals surface area contributed by atoms with Crippen molar-refractivity contribution in [1.29, 1.82) is 0 Å². The van der Waals surface area contributed by atoms with Gasteiger partial charge >= 0.3 is 5.97 Å². The zero-order valence-electron chi connectivity index (χ0n) is 13.0. The number of esters is 1. The summed E-state index contributed by atoms with van der Waals surface area (Å²) >= 11 is 6.01. The zero-order chi connectivity index (χ0) is 17.1. The number of hydrogen-bond donors (Lipinski definition) is 0. The van der Waals surface area contributed by atoms with Crippen LogP contribution in [0.1, 0.15) is 12.0 Å². The number of nitrogens with zero attached hydrogens (tertiary/aromatic N) is 2. The van der Waals surface area contributed by atoms with Crippen molar-refractivity contribution >= 4 is 28.5 Å². The Labute approximate surface area is 143 Å². The molecular weight excluding hydrogens is 328 g/mol. The molecule has 1 aromatic heterocycles. The van der Waals surface area contributed by atoms with Crippen LogP contribution in [0.15, 0.2) is 53.6 Å². The number of fused-ring (bicyclic) bond motifs is 1. The highest BCUT2D eigenvalue weighted by atomic mass is 35.5. The third-order valence-electron chi connectivity index (χ3n) is 3.60. The highest BCUT2D eigenvalue weighted by Crippen LogP contribution is 2.25. The first-order chi connectivity index (χ1) is 11.5. The normalized spacial score (nSPS) is 10.8. The van der Waals surface area contributed by atoms with Gasteiger partial charge in [-0.25, -0.2) is 4.98 Å². The first-order valence-corrected chi connectivity index (χ1v) is 7.83. The van der Waals surface area contributed by atoms with Gasteiger partial charge in [-0.1, -0.05) is 29.8 Å². The molecule has 0 aliphatic carbocycles. The predicted octanol–water partition coefficient (Wildman–Crippen LogP) is 3.35. The van der Waals surface area contributed by atoms with E-state index in [2.05, 4.69) is 4.98 Å². The number of para-hydroxylation sites is 1. The molecule has 3 aromatic rings.